The molecule has 0 spiro atoms. The van der Waals surface area contributed by atoms with E-state index in [2.05, 4.69) is 58.0 Å². The molecule has 0 heterocycles. The van der Waals surface area contributed by atoms with Crippen LogP contribution in [-0.2, 0) is 0 Å². The summed E-state index contributed by atoms with van der Waals surface area (Å²) in [7, 11) is 0. The molecule has 0 aromatic heterocycles. The normalized spacial score (nSPS) is 30.8. The van der Waals surface area contributed by atoms with E-state index in [1.807, 2.05) is 0 Å². The van der Waals surface area contributed by atoms with Crippen molar-refractivity contribution in [1.82, 2.24) is 0 Å². The SMILES string of the molecule is CC1=C2CCC(c3ccccc3)C2=C(C)C(C)C1C. The van der Waals surface area contributed by atoms with Gasteiger partial charge in [0.25, 0.3) is 0 Å². The maximum atomic E-state index is 2.40. The molecule has 19 heavy (non-hydrogen) atoms. The van der Waals surface area contributed by atoms with E-state index in [1.165, 1.54) is 18.4 Å². The van der Waals surface area contributed by atoms with Crippen molar-refractivity contribution in [2.24, 2.45) is 11.8 Å². The largest absolute Gasteiger partial charge is 0.0664 e. The van der Waals surface area contributed by atoms with E-state index in [0.29, 0.717) is 17.8 Å². The van der Waals surface area contributed by atoms with Gasteiger partial charge in [-0.2, -0.15) is 0 Å². The van der Waals surface area contributed by atoms with E-state index in [1.54, 1.807) is 22.3 Å². The zero-order chi connectivity index (χ0) is 13.6. The summed E-state index contributed by atoms with van der Waals surface area (Å²) in [5.74, 6) is 2.05. The average Bonchev–Trinajstić information content (AvgIpc) is 2.88. The number of benzene rings is 1. The molecule has 100 valence electrons. The van der Waals surface area contributed by atoms with Crippen molar-refractivity contribution in [3.63, 3.8) is 0 Å². The second-order valence-electron chi connectivity index (χ2n) is 6.34. The Bertz CT molecular complexity index is 545. The predicted molar refractivity (Wildman–Crippen MR) is 82.1 cm³/mol. The first kappa shape index (κ1) is 12.7. The Morgan fingerprint density at radius 2 is 1.53 bits per heavy atom. The second kappa shape index (κ2) is 4.67. The van der Waals surface area contributed by atoms with Gasteiger partial charge in [-0.05, 0) is 55.2 Å². The van der Waals surface area contributed by atoms with Gasteiger partial charge in [0.1, 0.15) is 0 Å². The lowest BCUT2D eigenvalue weighted by Gasteiger charge is -2.32. The zero-order valence-corrected chi connectivity index (χ0v) is 12.5. The fourth-order valence-corrected chi connectivity index (χ4v) is 3.99. The Labute approximate surface area is 117 Å². The topological polar surface area (TPSA) is 0 Å². The summed E-state index contributed by atoms with van der Waals surface area (Å²) in [5, 5.41) is 0. The van der Waals surface area contributed by atoms with Gasteiger partial charge in [-0.25, -0.2) is 0 Å². The van der Waals surface area contributed by atoms with E-state index >= 15 is 0 Å². The highest BCUT2D eigenvalue weighted by Gasteiger charge is 2.36. The van der Waals surface area contributed by atoms with E-state index in [9.17, 15) is 0 Å². The van der Waals surface area contributed by atoms with E-state index in [-0.39, 0.29) is 0 Å². The number of rotatable bonds is 1. The molecular formula is C19H24. The summed E-state index contributed by atoms with van der Waals surface area (Å²) in [6.07, 6.45) is 2.57. The Morgan fingerprint density at radius 3 is 2.21 bits per heavy atom. The van der Waals surface area contributed by atoms with Crippen molar-refractivity contribution in [1.29, 1.82) is 0 Å². The molecule has 0 N–H and O–H groups in total. The van der Waals surface area contributed by atoms with Gasteiger partial charge in [-0.15, -0.1) is 0 Å². The first-order valence-corrected chi connectivity index (χ1v) is 7.57. The van der Waals surface area contributed by atoms with Crippen LogP contribution in [-0.4, -0.2) is 0 Å². The maximum absolute atomic E-state index is 2.40. The van der Waals surface area contributed by atoms with Crippen LogP contribution < -0.4 is 0 Å². The van der Waals surface area contributed by atoms with Crippen LogP contribution in [0.5, 0.6) is 0 Å². The number of allylic oxidation sites excluding steroid dienone is 4. The molecule has 0 radical (unpaired) electrons. The van der Waals surface area contributed by atoms with Crippen LogP contribution in [0.2, 0.25) is 0 Å². The van der Waals surface area contributed by atoms with Crippen LogP contribution in [0, 0.1) is 11.8 Å². The molecule has 1 aromatic rings. The summed E-state index contributed by atoms with van der Waals surface area (Å²) < 4.78 is 0. The lowest BCUT2D eigenvalue weighted by atomic mass is 9.73. The Balaban J connectivity index is 2.10. The molecule has 1 fully saturated rings. The fourth-order valence-electron chi connectivity index (χ4n) is 3.99. The van der Waals surface area contributed by atoms with Gasteiger partial charge in [0.15, 0.2) is 0 Å². The van der Waals surface area contributed by atoms with Crippen molar-refractivity contribution in [2.45, 2.75) is 46.5 Å². The quantitative estimate of drug-likeness (QED) is 0.620. The van der Waals surface area contributed by atoms with Gasteiger partial charge in [0.05, 0.1) is 0 Å². The lowest BCUT2D eigenvalue weighted by molar-refractivity contribution is 0.484. The van der Waals surface area contributed by atoms with Gasteiger partial charge in [0.2, 0.25) is 0 Å². The third kappa shape index (κ3) is 1.89. The Morgan fingerprint density at radius 1 is 0.895 bits per heavy atom. The summed E-state index contributed by atoms with van der Waals surface area (Å²) in [5.41, 5.74) is 8.14. The Hall–Kier alpha value is -1.30. The van der Waals surface area contributed by atoms with E-state index < -0.39 is 0 Å². The summed E-state index contributed by atoms with van der Waals surface area (Å²) in [6, 6.07) is 11.1. The first-order chi connectivity index (χ1) is 9.11. The highest BCUT2D eigenvalue weighted by Crippen LogP contribution is 2.51. The highest BCUT2D eigenvalue weighted by molar-refractivity contribution is 5.53. The Kier molecular flexibility index (Phi) is 3.12. The van der Waals surface area contributed by atoms with Crippen LogP contribution in [0.4, 0.5) is 0 Å². The van der Waals surface area contributed by atoms with Crippen LogP contribution in [0.25, 0.3) is 0 Å². The lowest BCUT2D eigenvalue weighted by Crippen LogP contribution is -2.19. The van der Waals surface area contributed by atoms with Crippen LogP contribution in [0.1, 0.15) is 52.0 Å². The van der Waals surface area contributed by atoms with Gasteiger partial charge >= 0.3 is 0 Å². The number of hydrogen-bond donors (Lipinski definition) is 0. The molecule has 3 atom stereocenters. The van der Waals surface area contributed by atoms with Crippen LogP contribution >= 0.6 is 0 Å². The molecule has 0 bridgehead atoms. The molecule has 2 aliphatic rings. The van der Waals surface area contributed by atoms with Gasteiger partial charge in [-0.3, -0.25) is 0 Å². The fraction of sp³-hybridized carbons (Fsp3) is 0.474. The molecular weight excluding hydrogens is 228 g/mol. The van der Waals surface area contributed by atoms with E-state index in [4.69, 9.17) is 0 Å². The minimum Gasteiger partial charge on any atom is -0.0664 e. The number of hydrogen-bond acceptors (Lipinski definition) is 0. The van der Waals surface area contributed by atoms with Crippen molar-refractivity contribution in [3.05, 3.63) is 58.2 Å². The average molecular weight is 252 g/mol. The monoisotopic (exact) mass is 252 g/mol. The maximum Gasteiger partial charge on any atom is 0.00947 e. The van der Waals surface area contributed by atoms with Gasteiger partial charge in [0, 0.05) is 5.92 Å². The molecule has 0 aliphatic heterocycles. The molecule has 0 nitrogen and oxygen atoms in total. The molecule has 2 aliphatic carbocycles. The van der Waals surface area contributed by atoms with Crippen molar-refractivity contribution in [2.75, 3.05) is 0 Å². The molecule has 0 heteroatoms. The summed E-state index contributed by atoms with van der Waals surface area (Å²) in [6.45, 7) is 9.51. The molecule has 0 amide bonds. The predicted octanol–water partition coefficient (Wildman–Crippen LogP) is 5.48. The van der Waals surface area contributed by atoms with Gasteiger partial charge in [-0.1, -0.05) is 55.3 Å². The van der Waals surface area contributed by atoms with Crippen LogP contribution in [0.15, 0.2) is 52.6 Å². The van der Waals surface area contributed by atoms with Crippen molar-refractivity contribution < 1.29 is 0 Å². The zero-order valence-electron chi connectivity index (χ0n) is 12.5. The summed E-state index contributed by atoms with van der Waals surface area (Å²) in [4.78, 5) is 0. The summed E-state index contributed by atoms with van der Waals surface area (Å²) >= 11 is 0. The third-order valence-corrected chi connectivity index (χ3v) is 5.58. The highest BCUT2D eigenvalue weighted by atomic mass is 14.4. The molecule has 1 aromatic carbocycles. The smallest absolute Gasteiger partial charge is 0.00947 e. The minimum atomic E-state index is 0.640. The molecule has 3 rings (SSSR count). The van der Waals surface area contributed by atoms with Gasteiger partial charge < -0.3 is 0 Å². The first-order valence-electron chi connectivity index (χ1n) is 7.57. The molecule has 3 unspecified atom stereocenters. The molecule has 1 saturated carbocycles. The third-order valence-electron chi connectivity index (χ3n) is 5.58. The van der Waals surface area contributed by atoms with Crippen molar-refractivity contribution >= 4 is 0 Å². The number of fused-ring (bicyclic) bond motifs is 1. The standard InChI is InChI=1S/C19H24/c1-12-13(2)15(4)19-17(14(12)3)10-11-18(19)16-8-6-5-7-9-16/h5-9,12-13,18H,10-11H2,1-4H3. The van der Waals surface area contributed by atoms with Crippen molar-refractivity contribution in [3.8, 4) is 0 Å². The second-order valence-corrected chi connectivity index (χ2v) is 6.34. The van der Waals surface area contributed by atoms with E-state index in [0.717, 1.165) is 0 Å². The van der Waals surface area contributed by atoms with Crippen LogP contribution in [0.3, 0.4) is 0 Å². The molecule has 0 saturated heterocycles. The minimum absolute atomic E-state index is 0.640.